The average Bonchev–Trinajstić information content (AvgIpc) is 2.55. The second kappa shape index (κ2) is 4.07. The molecule has 84 valence electrons. The predicted molar refractivity (Wildman–Crippen MR) is 65.7 cm³/mol. The van der Waals surface area contributed by atoms with Gasteiger partial charge < -0.3 is 5.73 Å². The zero-order chi connectivity index (χ0) is 11.9. The molecule has 0 unspecified atom stereocenters. The number of hydrogen-bond acceptors (Lipinski definition) is 2. The van der Waals surface area contributed by atoms with E-state index < -0.39 is 5.82 Å². The van der Waals surface area contributed by atoms with Crippen LogP contribution < -0.4 is 5.73 Å². The van der Waals surface area contributed by atoms with Crippen molar-refractivity contribution in [2.24, 2.45) is 7.05 Å². The van der Waals surface area contributed by atoms with E-state index >= 15 is 0 Å². The monoisotopic (exact) mass is 303 g/mol. The van der Waals surface area contributed by atoms with E-state index in [2.05, 4.69) is 21.0 Å². The van der Waals surface area contributed by atoms with Gasteiger partial charge >= 0.3 is 0 Å². The highest BCUT2D eigenvalue weighted by atomic mass is 79.9. The standard InChI is InChI=1S/C10H8BrClFN3/c1-16-9(14)4-8(15-16)5-2-6(11)10(12)7(13)3-5/h2-4H,14H2,1H3. The molecule has 0 bridgehead atoms. The Labute approximate surface area is 105 Å². The van der Waals surface area contributed by atoms with E-state index in [4.69, 9.17) is 17.3 Å². The van der Waals surface area contributed by atoms with Gasteiger partial charge in [-0.2, -0.15) is 5.10 Å². The summed E-state index contributed by atoms with van der Waals surface area (Å²) in [5.74, 6) is 0.0248. The first-order chi connectivity index (χ1) is 7.49. The number of aryl methyl sites for hydroxylation is 1. The number of anilines is 1. The van der Waals surface area contributed by atoms with Gasteiger partial charge in [0.05, 0.1) is 10.7 Å². The molecule has 0 aliphatic heterocycles. The fourth-order valence-corrected chi connectivity index (χ4v) is 1.87. The van der Waals surface area contributed by atoms with E-state index in [1.54, 1.807) is 19.2 Å². The molecular weight excluding hydrogens is 296 g/mol. The number of rotatable bonds is 1. The van der Waals surface area contributed by atoms with Crippen molar-refractivity contribution in [3.05, 3.63) is 33.5 Å². The molecule has 0 atom stereocenters. The van der Waals surface area contributed by atoms with E-state index in [1.165, 1.54) is 10.7 Å². The van der Waals surface area contributed by atoms with Gasteiger partial charge in [0.25, 0.3) is 0 Å². The van der Waals surface area contributed by atoms with E-state index in [-0.39, 0.29) is 5.02 Å². The molecule has 0 saturated carbocycles. The van der Waals surface area contributed by atoms with Crippen LogP contribution in [0.5, 0.6) is 0 Å². The Hall–Kier alpha value is -1.07. The highest BCUT2D eigenvalue weighted by molar-refractivity contribution is 9.10. The summed E-state index contributed by atoms with van der Waals surface area (Å²) in [4.78, 5) is 0. The zero-order valence-electron chi connectivity index (χ0n) is 8.34. The highest BCUT2D eigenvalue weighted by Crippen LogP contribution is 2.31. The third-order valence-electron chi connectivity index (χ3n) is 2.20. The van der Waals surface area contributed by atoms with Gasteiger partial charge in [-0.1, -0.05) is 11.6 Å². The van der Waals surface area contributed by atoms with Crippen LogP contribution in [0.3, 0.4) is 0 Å². The Morgan fingerprint density at radius 1 is 1.44 bits per heavy atom. The Bertz CT molecular complexity index is 510. The van der Waals surface area contributed by atoms with Gasteiger partial charge in [0.1, 0.15) is 11.6 Å². The number of nitrogen functional groups attached to an aromatic ring is 1. The molecule has 0 aliphatic carbocycles. The van der Waals surface area contributed by atoms with Crippen molar-refractivity contribution in [1.82, 2.24) is 9.78 Å². The van der Waals surface area contributed by atoms with Crippen molar-refractivity contribution in [2.75, 3.05) is 5.73 Å². The first-order valence-corrected chi connectivity index (χ1v) is 5.60. The minimum atomic E-state index is -0.490. The van der Waals surface area contributed by atoms with Crippen molar-refractivity contribution in [3.63, 3.8) is 0 Å². The second-order valence-electron chi connectivity index (χ2n) is 3.33. The molecule has 0 radical (unpaired) electrons. The van der Waals surface area contributed by atoms with Crippen LogP contribution in [0.1, 0.15) is 0 Å². The molecule has 1 aromatic carbocycles. The van der Waals surface area contributed by atoms with Crippen molar-refractivity contribution < 1.29 is 4.39 Å². The van der Waals surface area contributed by atoms with Gasteiger partial charge in [-0.3, -0.25) is 4.68 Å². The predicted octanol–water partition coefficient (Wildman–Crippen LogP) is 3.22. The topological polar surface area (TPSA) is 43.8 Å². The average molecular weight is 305 g/mol. The summed E-state index contributed by atoms with van der Waals surface area (Å²) in [5.41, 5.74) is 6.89. The number of nitrogens with zero attached hydrogens (tertiary/aromatic N) is 2. The van der Waals surface area contributed by atoms with Crippen LogP contribution in [-0.4, -0.2) is 9.78 Å². The third-order valence-corrected chi connectivity index (χ3v) is 3.43. The van der Waals surface area contributed by atoms with Crippen molar-refractivity contribution >= 4 is 33.3 Å². The van der Waals surface area contributed by atoms with E-state index in [1.807, 2.05) is 0 Å². The molecule has 0 spiro atoms. The lowest BCUT2D eigenvalue weighted by atomic mass is 10.1. The molecule has 6 heteroatoms. The van der Waals surface area contributed by atoms with Gasteiger partial charge in [-0.25, -0.2) is 4.39 Å². The van der Waals surface area contributed by atoms with Gasteiger partial charge in [0.2, 0.25) is 0 Å². The lowest BCUT2D eigenvalue weighted by Crippen LogP contribution is -1.96. The molecule has 1 aromatic heterocycles. The first kappa shape index (κ1) is 11.4. The molecule has 0 amide bonds. The van der Waals surface area contributed by atoms with Crippen LogP contribution in [0, 0.1) is 5.82 Å². The number of hydrogen-bond donors (Lipinski definition) is 1. The number of benzene rings is 1. The minimum Gasteiger partial charge on any atom is -0.384 e. The summed E-state index contributed by atoms with van der Waals surface area (Å²) >= 11 is 8.88. The summed E-state index contributed by atoms with van der Waals surface area (Å²) in [6.07, 6.45) is 0. The Morgan fingerprint density at radius 2 is 2.12 bits per heavy atom. The third kappa shape index (κ3) is 1.92. The van der Waals surface area contributed by atoms with Gasteiger partial charge in [0.15, 0.2) is 0 Å². The fraction of sp³-hybridized carbons (Fsp3) is 0.100. The normalized spacial score (nSPS) is 10.8. The number of halogens is 3. The van der Waals surface area contributed by atoms with E-state index in [9.17, 15) is 4.39 Å². The largest absolute Gasteiger partial charge is 0.384 e. The summed E-state index contributed by atoms with van der Waals surface area (Å²) in [7, 11) is 1.72. The van der Waals surface area contributed by atoms with Crippen LogP contribution in [0.4, 0.5) is 10.2 Å². The van der Waals surface area contributed by atoms with Crippen LogP contribution >= 0.6 is 27.5 Å². The Morgan fingerprint density at radius 3 is 2.62 bits per heavy atom. The molecule has 2 rings (SSSR count). The van der Waals surface area contributed by atoms with Crippen molar-refractivity contribution in [3.8, 4) is 11.3 Å². The van der Waals surface area contributed by atoms with Gasteiger partial charge in [0, 0.05) is 23.2 Å². The smallest absolute Gasteiger partial charge is 0.143 e. The Balaban J connectivity index is 2.56. The summed E-state index contributed by atoms with van der Waals surface area (Å²) in [6, 6.07) is 4.71. The molecule has 0 saturated heterocycles. The first-order valence-electron chi connectivity index (χ1n) is 4.43. The maximum atomic E-state index is 13.4. The fourth-order valence-electron chi connectivity index (χ4n) is 1.33. The summed E-state index contributed by atoms with van der Waals surface area (Å²) < 4.78 is 15.4. The van der Waals surface area contributed by atoms with Gasteiger partial charge in [-0.05, 0) is 28.1 Å². The zero-order valence-corrected chi connectivity index (χ0v) is 10.7. The van der Waals surface area contributed by atoms with Crippen molar-refractivity contribution in [2.45, 2.75) is 0 Å². The molecule has 2 aromatic rings. The lowest BCUT2D eigenvalue weighted by molar-refractivity contribution is 0.627. The second-order valence-corrected chi connectivity index (χ2v) is 4.56. The molecule has 1 heterocycles. The SMILES string of the molecule is Cn1nc(-c2cc(F)c(Cl)c(Br)c2)cc1N. The van der Waals surface area contributed by atoms with Crippen LogP contribution in [-0.2, 0) is 7.05 Å². The van der Waals surface area contributed by atoms with Crippen molar-refractivity contribution in [1.29, 1.82) is 0 Å². The quantitative estimate of drug-likeness (QED) is 0.822. The highest BCUT2D eigenvalue weighted by Gasteiger charge is 2.11. The lowest BCUT2D eigenvalue weighted by Gasteiger charge is -2.01. The summed E-state index contributed by atoms with van der Waals surface area (Å²) in [6.45, 7) is 0. The van der Waals surface area contributed by atoms with Crippen LogP contribution in [0.25, 0.3) is 11.3 Å². The molecule has 0 aliphatic rings. The van der Waals surface area contributed by atoms with E-state index in [0.29, 0.717) is 21.5 Å². The summed E-state index contributed by atoms with van der Waals surface area (Å²) in [5, 5.41) is 4.22. The molecule has 0 fully saturated rings. The van der Waals surface area contributed by atoms with Gasteiger partial charge in [-0.15, -0.1) is 0 Å². The van der Waals surface area contributed by atoms with E-state index in [0.717, 1.165) is 0 Å². The molecule has 2 N–H and O–H groups in total. The Kier molecular flexibility index (Phi) is 2.90. The number of nitrogens with two attached hydrogens (primary N) is 1. The minimum absolute atomic E-state index is 0.0626. The van der Waals surface area contributed by atoms with Crippen LogP contribution in [0.15, 0.2) is 22.7 Å². The number of aromatic nitrogens is 2. The maximum absolute atomic E-state index is 13.4. The molecule has 16 heavy (non-hydrogen) atoms. The maximum Gasteiger partial charge on any atom is 0.143 e. The van der Waals surface area contributed by atoms with Crippen LogP contribution in [0.2, 0.25) is 5.02 Å². The molecular formula is C10H8BrClFN3. The molecule has 3 nitrogen and oxygen atoms in total.